The van der Waals surface area contributed by atoms with Crippen LogP contribution in [0, 0.1) is 0 Å². The first kappa shape index (κ1) is 26.2. The van der Waals surface area contributed by atoms with Gasteiger partial charge in [0.2, 0.25) is 0 Å². The third kappa shape index (κ3) is 7.55. The van der Waals surface area contributed by atoms with Crippen molar-refractivity contribution in [2.45, 2.75) is 52.1 Å². The fourth-order valence-electron chi connectivity index (χ4n) is 4.17. The molecule has 188 valence electrons. The van der Waals surface area contributed by atoms with E-state index in [-0.39, 0.29) is 6.09 Å². The summed E-state index contributed by atoms with van der Waals surface area (Å²) in [5, 5.41) is 21.2. The lowest BCUT2D eigenvalue weighted by Crippen LogP contribution is -2.38. The first-order valence-corrected chi connectivity index (χ1v) is 11.9. The Hall–Kier alpha value is -3.39. The smallest absolute Gasteiger partial charge is 0.410 e. The molecule has 2 aliphatic heterocycles. The summed E-state index contributed by atoms with van der Waals surface area (Å²) >= 11 is 0. The van der Waals surface area contributed by atoms with E-state index in [4.69, 9.17) is 14.9 Å². The molecule has 35 heavy (non-hydrogen) atoms. The number of rotatable bonds is 2. The van der Waals surface area contributed by atoms with Crippen molar-refractivity contribution >= 4 is 18.0 Å². The molecule has 0 radical (unpaired) electrons. The molecule has 2 aromatic carbocycles. The van der Waals surface area contributed by atoms with Gasteiger partial charge in [-0.15, -0.1) is 0 Å². The Morgan fingerprint density at radius 3 is 1.74 bits per heavy atom. The van der Waals surface area contributed by atoms with Crippen molar-refractivity contribution in [1.29, 1.82) is 0 Å². The molecule has 1 amide bonds. The monoisotopic (exact) mass is 482 g/mol. The molecule has 0 fully saturated rings. The maximum absolute atomic E-state index is 12.1. The Morgan fingerprint density at radius 2 is 1.23 bits per heavy atom. The minimum Gasteiger partial charge on any atom is -0.478 e. The number of nitrogens with zero attached hydrogens (tertiary/aromatic N) is 1. The van der Waals surface area contributed by atoms with Crippen molar-refractivity contribution in [1.82, 2.24) is 10.2 Å². The number of benzene rings is 2. The van der Waals surface area contributed by atoms with Crippen LogP contribution in [0.25, 0.3) is 0 Å². The van der Waals surface area contributed by atoms with Crippen molar-refractivity contribution in [3.8, 4) is 0 Å². The number of carbonyl (C=O) groups excluding carboxylic acids is 1. The van der Waals surface area contributed by atoms with Crippen LogP contribution >= 0.6 is 0 Å². The van der Waals surface area contributed by atoms with Crippen LogP contribution < -0.4 is 5.32 Å². The second kappa shape index (κ2) is 11.4. The number of hydrogen-bond acceptors (Lipinski definition) is 5. The molecule has 0 saturated heterocycles. The predicted octanol–water partition coefficient (Wildman–Crippen LogP) is 3.79. The summed E-state index contributed by atoms with van der Waals surface area (Å²) in [5.74, 6) is -1.77. The highest BCUT2D eigenvalue weighted by atomic mass is 16.6. The van der Waals surface area contributed by atoms with E-state index in [2.05, 4.69) is 5.32 Å². The maximum atomic E-state index is 12.1. The van der Waals surface area contributed by atoms with Crippen LogP contribution in [0.4, 0.5) is 4.79 Å². The minimum atomic E-state index is -0.925. The summed E-state index contributed by atoms with van der Waals surface area (Å²) in [5.41, 5.74) is 4.74. The summed E-state index contributed by atoms with van der Waals surface area (Å²) in [4.78, 5) is 35.6. The average Bonchev–Trinajstić information content (AvgIpc) is 3.15. The van der Waals surface area contributed by atoms with E-state index >= 15 is 0 Å². The summed E-state index contributed by atoms with van der Waals surface area (Å²) in [7, 11) is 0. The second-order valence-corrected chi connectivity index (χ2v) is 9.79. The molecule has 0 saturated carbocycles. The predicted molar refractivity (Wildman–Crippen MR) is 132 cm³/mol. The maximum Gasteiger partial charge on any atom is 0.410 e. The molecule has 0 aliphatic carbocycles. The average molecular weight is 483 g/mol. The molecular weight excluding hydrogens is 448 g/mol. The molecule has 8 heteroatoms. The van der Waals surface area contributed by atoms with E-state index in [9.17, 15) is 14.4 Å². The molecule has 0 bridgehead atoms. The van der Waals surface area contributed by atoms with Gasteiger partial charge < -0.3 is 25.2 Å². The molecule has 0 spiro atoms. The quantitative estimate of drug-likeness (QED) is 0.596. The topological polar surface area (TPSA) is 116 Å². The van der Waals surface area contributed by atoms with Gasteiger partial charge in [-0.05, 0) is 106 Å². The normalized spacial score (nSPS) is 15.3. The third-order valence-corrected chi connectivity index (χ3v) is 6.00. The third-order valence-electron chi connectivity index (χ3n) is 6.00. The van der Waals surface area contributed by atoms with Crippen molar-refractivity contribution in [2.24, 2.45) is 0 Å². The lowest BCUT2D eigenvalue weighted by molar-refractivity contribution is 0.0258. The molecule has 0 unspecified atom stereocenters. The van der Waals surface area contributed by atoms with Crippen LogP contribution in [-0.4, -0.2) is 64.9 Å². The number of carbonyl (C=O) groups is 3. The Labute approximate surface area is 205 Å². The lowest BCUT2D eigenvalue weighted by atomic mass is 10.0. The van der Waals surface area contributed by atoms with Crippen LogP contribution in [0.3, 0.4) is 0 Å². The van der Waals surface area contributed by atoms with Crippen molar-refractivity contribution in [3.63, 3.8) is 0 Å². The molecule has 0 atom stereocenters. The molecule has 2 aromatic rings. The van der Waals surface area contributed by atoms with Crippen LogP contribution in [0.15, 0.2) is 36.4 Å². The van der Waals surface area contributed by atoms with Gasteiger partial charge in [-0.2, -0.15) is 0 Å². The van der Waals surface area contributed by atoms with Gasteiger partial charge in [0.05, 0.1) is 11.1 Å². The van der Waals surface area contributed by atoms with E-state index in [1.807, 2.05) is 32.9 Å². The number of carboxylic acids is 2. The van der Waals surface area contributed by atoms with Gasteiger partial charge >= 0.3 is 18.0 Å². The van der Waals surface area contributed by atoms with Crippen molar-refractivity contribution < 1.29 is 29.3 Å². The molecule has 2 aliphatic rings. The number of amides is 1. The Balaban J connectivity index is 0.000000211. The van der Waals surface area contributed by atoms with Gasteiger partial charge in [-0.3, -0.25) is 0 Å². The number of ether oxygens (including phenoxy) is 1. The standard InChI is InChI=1S/C16H21NO4.C11H13NO2/c1-16(2,3)21-15(20)17-8-6-11-4-5-13(14(18)19)10-12(11)7-9-17;13-11(14)10-2-1-8-3-5-12-6-4-9(8)7-10/h4-5,10H,6-9H2,1-3H3,(H,18,19);1-2,7,12H,3-6H2,(H,13,14). The molecular formula is C27H34N2O6. The summed E-state index contributed by atoms with van der Waals surface area (Å²) in [6, 6.07) is 10.6. The van der Waals surface area contributed by atoms with E-state index in [1.165, 1.54) is 11.1 Å². The Morgan fingerprint density at radius 1 is 0.771 bits per heavy atom. The largest absolute Gasteiger partial charge is 0.478 e. The van der Waals surface area contributed by atoms with E-state index in [0.717, 1.165) is 37.1 Å². The number of nitrogens with one attached hydrogen (secondary N) is 1. The van der Waals surface area contributed by atoms with Crippen molar-refractivity contribution in [3.05, 3.63) is 69.8 Å². The lowest BCUT2D eigenvalue weighted by Gasteiger charge is -2.26. The van der Waals surface area contributed by atoms with Crippen LogP contribution in [0.2, 0.25) is 0 Å². The molecule has 0 aromatic heterocycles. The molecule has 2 heterocycles. The highest BCUT2D eigenvalue weighted by Crippen LogP contribution is 2.20. The molecule has 3 N–H and O–H groups in total. The highest BCUT2D eigenvalue weighted by molar-refractivity contribution is 5.88. The number of aromatic carboxylic acids is 2. The zero-order valence-electron chi connectivity index (χ0n) is 20.6. The van der Waals surface area contributed by atoms with Crippen molar-refractivity contribution in [2.75, 3.05) is 26.2 Å². The van der Waals surface area contributed by atoms with Crippen LogP contribution in [0.1, 0.15) is 63.7 Å². The van der Waals surface area contributed by atoms with E-state index in [0.29, 0.717) is 37.1 Å². The fraction of sp³-hybridized carbons (Fsp3) is 0.444. The van der Waals surface area contributed by atoms with Crippen LogP contribution in [-0.2, 0) is 30.4 Å². The van der Waals surface area contributed by atoms with Gasteiger partial charge in [-0.1, -0.05) is 12.1 Å². The Kier molecular flexibility index (Phi) is 8.51. The zero-order valence-corrected chi connectivity index (χ0v) is 20.6. The number of hydrogen-bond donors (Lipinski definition) is 3. The summed E-state index contributed by atoms with van der Waals surface area (Å²) in [6.07, 6.45) is 2.98. The number of fused-ring (bicyclic) bond motifs is 2. The van der Waals surface area contributed by atoms with Gasteiger partial charge in [0, 0.05) is 13.1 Å². The van der Waals surface area contributed by atoms with E-state index in [1.54, 1.807) is 29.2 Å². The van der Waals surface area contributed by atoms with Gasteiger partial charge in [0.1, 0.15) is 5.60 Å². The Bertz CT molecular complexity index is 1090. The molecule has 4 rings (SSSR count). The fourth-order valence-corrected chi connectivity index (χ4v) is 4.17. The highest BCUT2D eigenvalue weighted by Gasteiger charge is 2.24. The van der Waals surface area contributed by atoms with Gasteiger partial charge in [0.25, 0.3) is 0 Å². The van der Waals surface area contributed by atoms with Gasteiger partial charge in [-0.25, -0.2) is 14.4 Å². The summed E-state index contributed by atoms with van der Waals surface area (Å²) in [6.45, 7) is 8.60. The first-order chi connectivity index (χ1) is 16.5. The van der Waals surface area contributed by atoms with Gasteiger partial charge in [0.15, 0.2) is 0 Å². The second-order valence-electron chi connectivity index (χ2n) is 9.79. The SMILES string of the molecule is CC(C)(C)OC(=O)N1CCc2ccc(C(=O)O)cc2CC1.O=C(O)c1ccc2c(c1)CCNCC2. The number of carboxylic acid groups (broad SMARTS) is 2. The molecule has 8 nitrogen and oxygen atoms in total. The first-order valence-electron chi connectivity index (χ1n) is 11.9. The summed E-state index contributed by atoms with van der Waals surface area (Å²) < 4.78 is 5.39. The van der Waals surface area contributed by atoms with E-state index < -0.39 is 17.5 Å². The van der Waals surface area contributed by atoms with Crippen LogP contribution in [0.5, 0.6) is 0 Å². The minimum absolute atomic E-state index is 0.291. The zero-order chi connectivity index (χ0) is 25.6.